The number of nitrogens with one attached hydrogen (secondary N) is 2. The molecule has 0 saturated heterocycles. The number of hydrogen-bond donors (Lipinski definition) is 2. The second-order valence-electron chi connectivity index (χ2n) is 9.98. The number of carbonyl (C=O) groups is 3. The number of likely N-dealkylation sites (N-methyl/N-ethyl adjacent to an activating group) is 1. The molecule has 188 valence electrons. The van der Waals surface area contributed by atoms with E-state index in [9.17, 15) is 14.4 Å². The molecule has 0 aliphatic heterocycles. The number of amides is 3. The maximum atomic E-state index is 13.8. The topological polar surface area (TPSA) is 87.7 Å². The van der Waals surface area contributed by atoms with E-state index in [1.807, 2.05) is 27.0 Å². The summed E-state index contributed by atoms with van der Waals surface area (Å²) in [5, 5.41) is 5.68. The Morgan fingerprint density at radius 2 is 1.76 bits per heavy atom. The van der Waals surface area contributed by atoms with Crippen LogP contribution in [0.15, 0.2) is 24.3 Å². The summed E-state index contributed by atoms with van der Waals surface area (Å²) >= 11 is 1.56. The van der Waals surface area contributed by atoms with Crippen LogP contribution in [0.5, 0.6) is 0 Å². The predicted molar refractivity (Wildman–Crippen MR) is 139 cm³/mol. The first-order chi connectivity index (χ1) is 15.7. The minimum absolute atomic E-state index is 0.242. The lowest BCUT2D eigenvalue weighted by atomic mass is 9.96. The molecule has 34 heavy (non-hydrogen) atoms. The Balaban J connectivity index is 3.45. The molecule has 1 aromatic carbocycles. The molecule has 0 aliphatic carbocycles. The SMILES string of the molecule is C#Cc1ccccc1C(C(=O)NC(C)(C)C)N(CC)C(=O)C(CCSC)NC(=O)OC(C)(C)C. The summed E-state index contributed by atoms with van der Waals surface area (Å²) in [6.45, 7) is 12.9. The highest BCUT2D eigenvalue weighted by Gasteiger charge is 2.37. The average molecular weight is 490 g/mol. The van der Waals surface area contributed by atoms with Gasteiger partial charge in [0.1, 0.15) is 17.7 Å². The van der Waals surface area contributed by atoms with Gasteiger partial charge in [-0.1, -0.05) is 24.1 Å². The van der Waals surface area contributed by atoms with Crippen molar-refractivity contribution in [3.05, 3.63) is 35.4 Å². The summed E-state index contributed by atoms with van der Waals surface area (Å²) in [5.41, 5.74) is -0.135. The van der Waals surface area contributed by atoms with Crippen LogP contribution in [0.4, 0.5) is 4.79 Å². The third kappa shape index (κ3) is 9.30. The van der Waals surface area contributed by atoms with Gasteiger partial charge in [-0.05, 0) is 78.5 Å². The number of thioether (sulfide) groups is 1. The Labute approximate surface area is 208 Å². The largest absolute Gasteiger partial charge is 0.444 e. The third-order valence-electron chi connectivity index (χ3n) is 4.69. The Kier molecular flexibility index (Phi) is 11.0. The maximum Gasteiger partial charge on any atom is 0.408 e. The van der Waals surface area contributed by atoms with Gasteiger partial charge in [0, 0.05) is 17.6 Å². The highest BCUT2D eigenvalue weighted by Crippen LogP contribution is 2.26. The van der Waals surface area contributed by atoms with E-state index in [1.165, 1.54) is 4.90 Å². The zero-order valence-electron chi connectivity index (χ0n) is 21.7. The molecule has 7 nitrogen and oxygen atoms in total. The van der Waals surface area contributed by atoms with Gasteiger partial charge in [-0.2, -0.15) is 11.8 Å². The van der Waals surface area contributed by atoms with Crippen molar-refractivity contribution >= 4 is 29.7 Å². The van der Waals surface area contributed by atoms with Gasteiger partial charge in [-0.3, -0.25) is 9.59 Å². The summed E-state index contributed by atoms with van der Waals surface area (Å²) in [6.07, 6.45) is 7.36. The summed E-state index contributed by atoms with van der Waals surface area (Å²) in [4.78, 5) is 41.2. The second-order valence-corrected chi connectivity index (χ2v) is 11.0. The lowest BCUT2D eigenvalue weighted by molar-refractivity contribution is -0.142. The fourth-order valence-corrected chi connectivity index (χ4v) is 3.84. The minimum Gasteiger partial charge on any atom is -0.444 e. The number of terminal acetylenes is 1. The molecule has 2 atom stereocenters. The molecule has 2 unspecified atom stereocenters. The lowest BCUT2D eigenvalue weighted by Crippen LogP contribution is -2.54. The molecule has 1 rings (SSSR count). The van der Waals surface area contributed by atoms with Crippen LogP contribution in [0.25, 0.3) is 0 Å². The second kappa shape index (κ2) is 12.7. The molecule has 8 heteroatoms. The molecule has 0 fully saturated rings. The van der Waals surface area contributed by atoms with Crippen molar-refractivity contribution in [1.82, 2.24) is 15.5 Å². The van der Waals surface area contributed by atoms with E-state index in [4.69, 9.17) is 11.2 Å². The summed E-state index contributed by atoms with van der Waals surface area (Å²) in [7, 11) is 0. The zero-order valence-corrected chi connectivity index (χ0v) is 22.5. The standard InChI is InChI=1S/C26H39N3O4S/c1-10-18-14-12-13-15-19(18)21(22(30)28-25(3,4)5)29(11-2)23(31)20(16-17-34-9)27-24(32)33-26(6,7)8/h1,12-15,20-21H,11,16-17H2,2-9H3,(H,27,32)(H,28,30). The summed E-state index contributed by atoms with van der Waals surface area (Å²) in [6, 6.07) is 5.27. The molecule has 2 N–H and O–H groups in total. The van der Waals surface area contributed by atoms with E-state index in [0.29, 0.717) is 23.3 Å². The monoisotopic (exact) mass is 489 g/mol. The van der Waals surface area contributed by atoms with Gasteiger partial charge in [-0.25, -0.2) is 4.79 Å². The Morgan fingerprint density at radius 3 is 2.26 bits per heavy atom. The maximum absolute atomic E-state index is 13.8. The Morgan fingerprint density at radius 1 is 1.15 bits per heavy atom. The molecule has 0 bridgehead atoms. The van der Waals surface area contributed by atoms with E-state index in [2.05, 4.69) is 16.6 Å². The van der Waals surface area contributed by atoms with Crippen molar-refractivity contribution < 1.29 is 19.1 Å². The van der Waals surface area contributed by atoms with E-state index in [1.54, 1.807) is 63.7 Å². The number of hydrogen-bond acceptors (Lipinski definition) is 5. The molecule has 0 radical (unpaired) electrons. The average Bonchev–Trinajstić information content (AvgIpc) is 2.71. The quantitative estimate of drug-likeness (QED) is 0.510. The molecular formula is C26H39N3O4S. The predicted octanol–water partition coefficient (Wildman–Crippen LogP) is 4.12. The van der Waals surface area contributed by atoms with Crippen molar-refractivity contribution in [2.24, 2.45) is 0 Å². The van der Waals surface area contributed by atoms with E-state index >= 15 is 0 Å². The van der Waals surface area contributed by atoms with Crippen LogP contribution in [0.3, 0.4) is 0 Å². The van der Waals surface area contributed by atoms with Crippen LogP contribution >= 0.6 is 11.8 Å². The van der Waals surface area contributed by atoms with Crippen molar-refractivity contribution in [2.75, 3.05) is 18.6 Å². The van der Waals surface area contributed by atoms with Crippen LogP contribution in [0.1, 0.15) is 72.1 Å². The Bertz CT molecular complexity index is 897. The number of nitrogens with zero attached hydrogens (tertiary/aromatic N) is 1. The van der Waals surface area contributed by atoms with Crippen molar-refractivity contribution in [2.45, 2.75) is 78.1 Å². The van der Waals surface area contributed by atoms with Gasteiger partial charge < -0.3 is 20.3 Å². The number of ether oxygens (including phenoxy) is 1. The minimum atomic E-state index is -0.957. The van der Waals surface area contributed by atoms with Crippen LogP contribution < -0.4 is 10.6 Å². The number of rotatable bonds is 9. The number of benzene rings is 1. The van der Waals surface area contributed by atoms with Crippen LogP contribution in [0.2, 0.25) is 0 Å². The smallest absolute Gasteiger partial charge is 0.408 e. The van der Waals surface area contributed by atoms with Gasteiger partial charge in [0.2, 0.25) is 11.8 Å². The highest BCUT2D eigenvalue weighted by molar-refractivity contribution is 7.98. The highest BCUT2D eigenvalue weighted by atomic mass is 32.2. The molecule has 1 aromatic rings. The Hall–Kier alpha value is -2.66. The molecular weight excluding hydrogens is 450 g/mol. The number of alkyl carbamates (subject to hydrolysis) is 1. The van der Waals surface area contributed by atoms with Crippen LogP contribution in [-0.2, 0) is 14.3 Å². The summed E-state index contributed by atoms with van der Waals surface area (Å²) in [5.74, 6) is 2.55. The fraction of sp³-hybridized carbons (Fsp3) is 0.577. The molecule has 0 spiro atoms. The van der Waals surface area contributed by atoms with Crippen molar-refractivity contribution in [1.29, 1.82) is 0 Å². The summed E-state index contributed by atoms with van der Waals surface area (Å²) < 4.78 is 5.37. The van der Waals surface area contributed by atoms with Gasteiger partial charge in [0.05, 0.1) is 0 Å². The third-order valence-corrected chi connectivity index (χ3v) is 5.34. The van der Waals surface area contributed by atoms with Crippen LogP contribution in [-0.4, -0.2) is 58.5 Å². The van der Waals surface area contributed by atoms with Gasteiger partial charge in [0.15, 0.2) is 0 Å². The lowest BCUT2D eigenvalue weighted by Gasteiger charge is -2.35. The number of carbonyl (C=O) groups excluding carboxylic acids is 3. The van der Waals surface area contributed by atoms with E-state index < -0.39 is 29.3 Å². The molecule has 0 aliphatic rings. The first-order valence-corrected chi connectivity index (χ1v) is 12.8. The fourth-order valence-electron chi connectivity index (χ4n) is 3.36. The van der Waals surface area contributed by atoms with Gasteiger partial charge in [0.25, 0.3) is 0 Å². The van der Waals surface area contributed by atoms with Crippen molar-refractivity contribution in [3.63, 3.8) is 0 Å². The van der Waals surface area contributed by atoms with E-state index in [-0.39, 0.29) is 18.4 Å². The van der Waals surface area contributed by atoms with Crippen molar-refractivity contribution in [3.8, 4) is 12.3 Å². The van der Waals surface area contributed by atoms with Gasteiger partial charge in [-0.15, -0.1) is 6.42 Å². The molecule has 0 heterocycles. The molecule has 0 saturated carbocycles. The van der Waals surface area contributed by atoms with Crippen LogP contribution in [0, 0.1) is 12.3 Å². The first-order valence-electron chi connectivity index (χ1n) is 11.4. The molecule has 3 amide bonds. The first kappa shape index (κ1) is 29.4. The zero-order chi connectivity index (χ0) is 26.1. The van der Waals surface area contributed by atoms with Gasteiger partial charge >= 0.3 is 6.09 Å². The van der Waals surface area contributed by atoms with E-state index in [0.717, 1.165) is 0 Å². The normalized spacial score (nSPS) is 13.3. The molecule has 0 aromatic heterocycles.